The van der Waals surface area contributed by atoms with Crippen LogP contribution in [0.2, 0.25) is 0 Å². The van der Waals surface area contributed by atoms with Crippen LogP contribution in [0.5, 0.6) is 5.75 Å². The largest absolute Gasteiger partial charge is 0.490 e. The van der Waals surface area contributed by atoms with Crippen molar-refractivity contribution in [3.8, 4) is 16.9 Å². The van der Waals surface area contributed by atoms with E-state index in [1.807, 2.05) is 25.1 Å². The summed E-state index contributed by atoms with van der Waals surface area (Å²) in [6.45, 7) is 7.27. The highest BCUT2D eigenvalue weighted by molar-refractivity contribution is 7.90. The van der Waals surface area contributed by atoms with E-state index >= 15 is 0 Å². The Bertz CT molecular complexity index is 1810. The summed E-state index contributed by atoms with van der Waals surface area (Å²) in [5.41, 5.74) is 1.41. The lowest BCUT2D eigenvalue weighted by molar-refractivity contribution is -0.103. The van der Waals surface area contributed by atoms with Crippen molar-refractivity contribution in [2.24, 2.45) is 7.05 Å². The van der Waals surface area contributed by atoms with Crippen molar-refractivity contribution in [3.05, 3.63) is 82.4 Å². The molecule has 1 aliphatic carbocycles. The van der Waals surface area contributed by atoms with E-state index < -0.39 is 21.2 Å². The predicted molar refractivity (Wildman–Crippen MR) is 166 cm³/mol. The molecule has 43 heavy (non-hydrogen) atoms. The van der Waals surface area contributed by atoms with Crippen molar-refractivity contribution in [1.29, 1.82) is 0 Å². The molecule has 2 fully saturated rings. The number of hydrogen-bond donors (Lipinski definition) is 2. The molecule has 2 aromatic heterocycles. The highest BCUT2D eigenvalue weighted by atomic mass is 32.2. The van der Waals surface area contributed by atoms with E-state index in [4.69, 9.17) is 9.47 Å². The molecule has 1 saturated heterocycles. The summed E-state index contributed by atoms with van der Waals surface area (Å²) in [7, 11) is -2.43. The maximum atomic E-state index is 13.7. The second-order valence-electron chi connectivity index (χ2n) is 12.3. The first-order valence-electron chi connectivity index (χ1n) is 14.8. The fraction of sp³-hybridized carbons (Fsp3) is 0.424. The van der Waals surface area contributed by atoms with Crippen LogP contribution in [0.25, 0.3) is 22.0 Å². The van der Waals surface area contributed by atoms with Gasteiger partial charge in [-0.2, -0.15) is 0 Å². The van der Waals surface area contributed by atoms with E-state index in [9.17, 15) is 18.3 Å². The zero-order valence-electron chi connectivity index (χ0n) is 25.0. The Kier molecular flexibility index (Phi) is 7.75. The monoisotopic (exact) mass is 605 g/mol. The lowest BCUT2D eigenvalue weighted by Crippen LogP contribution is -2.43. The zero-order valence-corrected chi connectivity index (χ0v) is 25.9. The molecule has 2 aromatic carbocycles. The van der Waals surface area contributed by atoms with Gasteiger partial charge in [0.15, 0.2) is 0 Å². The number of rotatable bonds is 8. The molecule has 0 radical (unpaired) electrons. The second kappa shape index (κ2) is 11.2. The number of aromatic nitrogens is 2. The SMILES string of the molecule is Cc1ccc(S(=O)(=O)n2ccc3c(-c4cc(C(C)(C)O)ccc4OC4CC(OC5CCNCC5)C4)cn(C)c(=O)c32)cc1. The minimum Gasteiger partial charge on any atom is -0.490 e. The number of nitrogens with zero attached hydrogens (tertiary/aromatic N) is 2. The molecule has 0 bridgehead atoms. The first kappa shape index (κ1) is 29.6. The van der Waals surface area contributed by atoms with Crippen LogP contribution < -0.4 is 15.6 Å². The summed E-state index contributed by atoms with van der Waals surface area (Å²) in [5.74, 6) is 0.604. The van der Waals surface area contributed by atoms with Crippen LogP contribution in [0, 0.1) is 6.92 Å². The molecule has 3 heterocycles. The molecule has 9 nitrogen and oxygen atoms in total. The quantitative estimate of drug-likeness (QED) is 0.305. The maximum Gasteiger partial charge on any atom is 0.275 e. The van der Waals surface area contributed by atoms with Crippen LogP contribution in [-0.2, 0) is 27.4 Å². The number of hydrogen-bond acceptors (Lipinski definition) is 7. The van der Waals surface area contributed by atoms with Crippen LogP contribution >= 0.6 is 0 Å². The molecule has 0 spiro atoms. The number of ether oxygens (including phenoxy) is 2. The Morgan fingerprint density at radius 1 is 0.953 bits per heavy atom. The van der Waals surface area contributed by atoms with E-state index in [1.54, 1.807) is 57.4 Å². The van der Waals surface area contributed by atoms with Crippen LogP contribution in [0.15, 0.2) is 70.6 Å². The molecule has 0 unspecified atom stereocenters. The number of aliphatic hydroxyl groups is 1. The smallest absolute Gasteiger partial charge is 0.275 e. The zero-order chi connectivity index (χ0) is 30.5. The van der Waals surface area contributed by atoms with E-state index in [2.05, 4.69) is 5.32 Å². The fourth-order valence-corrected chi connectivity index (χ4v) is 7.25. The Balaban J connectivity index is 1.39. The normalized spacial score (nSPS) is 19.8. The van der Waals surface area contributed by atoms with E-state index in [0.29, 0.717) is 27.8 Å². The third-order valence-corrected chi connectivity index (χ3v) is 10.2. The summed E-state index contributed by atoms with van der Waals surface area (Å²) < 4.78 is 42.6. The van der Waals surface area contributed by atoms with E-state index in [-0.39, 0.29) is 28.7 Å². The second-order valence-corrected chi connectivity index (χ2v) is 14.2. The van der Waals surface area contributed by atoms with Gasteiger partial charge in [-0.25, -0.2) is 12.4 Å². The van der Waals surface area contributed by atoms with Gasteiger partial charge < -0.3 is 24.5 Å². The summed E-state index contributed by atoms with van der Waals surface area (Å²) in [4.78, 5) is 13.6. The molecular formula is C33H39N3O6S. The van der Waals surface area contributed by atoms with Gasteiger partial charge in [0.25, 0.3) is 15.6 Å². The molecule has 2 N–H and O–H groups in total. The van der Waals surface area contributed by atoms with Gasteiger partial charge in [0, 0.05) is 48.8 Å². The summed E-state index contributed by atoms with van der Waals surface area (Å²) in [6, 6.07) is 13.8. The van der Waals surface area contributed by atoms with Crippen LogP contribution in [-0.4, -0.2) is 53.5 Å². The van der Waals surface area contributed by atoms with Crippen LogP contribution in [0.3, 0.4) is 0 Å². The lowest BCUT2D eigenvalue weighted by Gasteiger charge is -2.38. The maximum absolute atomic E-state index is 13.7. The highest BCUT2D eigenvalue weighted by Gasteiger charge is 2.35. The summed E-state index contributed by atoms with van der Waals surface area (Å²) in [5, 5.41) is 14.7. The molecule has 10 heteroatoms. The average molecular weight is 606 g/mol. The van der Waals surface area contributed by atoms with Crippen molar-refractivity contribution in [1.82, 2.24) is 13.9 Å². The summed E-state index contributed by atoms with van der Waals surface area (Å²) >= 11 is 0. The van der Waals surface area contributed by atoms with Gasteiger partial charge in [0.1, 0.15) is 17.4 Å². The Labute approximate surface area is 252 Å². The van der Waals surface area contributed by atoms with Gasteiger partial charge in [-0.15, -0.1) is 0 Å². The van der Waals surface area contributed by atoms with E-state index in [0.717, 1.165) is 48.3 Å². The Hall–Kier alpha value is -3.44. The minimum atomic E-state index is -4.04. The number of benzene rings is 2. The van der Waals surface area contributed by atoms with Gasteiger partial charge in [-0.05, 0) is 82.6 Å². The van der Waals surface area contributed by atoms with Gasteiger partial charge in [0.2, 0.25) is 0 Å². The van der Waals surface area contributed by atoms with E-state index in [1.165, 1.54) is 10.8 Å². The predicted octanol–water partition coefficient (Wildman–Crippen LogP) is 4.46. The summed E-state index contributed by atoms with van der Waals surface area (Å²) in [6.07, 6.45) is 7.15. The van der Waals surface area contributed by atoms with Crippen molar-refractivity contribution in [2.45, 2.75) is 75.3 Å². The number of piperidine rings is 1. The topological polar surface area (TPSA) is 112 Å². The lowest BCUT2D eigenvalue weighted by atomic mass is 9.90. The van der Waals surface area contributed by atoms with Crippen LogP contribution in [0.4, 0.5) is 0 Å². The van der Waals surface area contributed by atoms with Crippen molar-refractivity contribution < 1.29 is 23.0 Å². The third kappa shape index (κ3) is 5.76. The Morgan fingerprint density at radius 2 is 1.65 bits per heavy atom. The molecule has 0 atom stereocenters. The van der Waals surface area contributed by atoms with Gasteiger partial charge in [-0.3, -0.25) is 4.79 Å². The highest BCUT2D eigenvalue weighted by Crippen LogP contribution is 2.40. The number of pyridine rings is 1. The molecule has 228 valence electrons. The minimum absolute atomic E-state index is 0.0343. The molecule has 6 rings (SSSR count). The third-order valence-electron chi connectivity index (χ3n) is 8.56. The molecule has 1 saturated carbocycles. The fourth-order valence-electron chi connectivity index (χ4n) is 5.90. The van der Waals surface area contributed by atoms with Crippen molar-refractivity contribution >= 4 is 20.9 Å². The van der Waals surface area contributed by atoms with Crippen LogP contribution in [0.1, 0.15) is 50.7 Å². The Morgan fingerprint density at radius 3 is 2.33 bits per heavy atom. The van der Waals surface area contributed by atoms with Crippen molar-refractivity contribution in [3.63, 3.8) is 0 Å². The molecule has 0 amide bonds. The molecule has 4 aromatic rings. The molecule has 2 aliphatic rings. The first-order chi connectivity index (χ1) is 20.4. The first-order valence-corrected chi connectivity index (χ1v) is 16.3. The number of aryl methyl sites for hydroxylation is 2. The average Bonchev–Trinajstić information content (AvgIpc) is 3.41. The van der Waals surface area contributed by atoms with Gasteiger partial charge >= 0.3 is 0 Å². The van der Waals surface area contributed by atoms with Gasteiger partial charge in [0.05, 0.1) is 22.7 Å². The standard InChI is InChI=1S/C33H39N3O6S/c1-21-5-8-26(9-6-21)43(39,40)36-16-13-27-29(20-35(4)32(37)31(27)36)28-17-22(33(2,3)38)7-10-30(28)42-25-18-24(19-25)41-23-11-14-34-15-12-23/h5-10,13,16-17,20,23-25,34,38H,11-12,14-15,18-19H2,1-4H3. The van der Waals surface area contributed by atoms with Crippen molar-refractivity contribution in [2.75, 3.05) is 13.1 Å². The molecular weight excluding hydrogens is 566 g/mol. The number of fused-ring (bicyclic) bond motifs is 1. The number of nitrogens with one attached hydrogen (secondary N) is 1. The van der Waals surface area contributed by atoms with Gasteiger partial charge in [-0.1, -0.05) is 23.8 Å². The molecule has 1 aliphatic heterocycles.